The van der Waals surface area contributed by atoms with Gasteiger partial charge in [-0.2, -0.15) is 4.99 Å². The fourth-order valence-electron chi connectivity index (χ4n) is 1.75. The molecule has 20 heavy (non-hydrogen) atoms. The van der Waals surface area contributed by atoms with Crippen molar-refractivity contribution in [2.45, 2.75) is 0 Å². The van der Waals surface area contributed by atoms with E-state index >= 15 is 0 Å². The molecular weight excluding hydrogens is 276 g/mol. The van der Waals surface area contributed by atoms with Crippen molar-refractivity contribution >= 4 is 23.3 Å². The number of carbonyl (C=O) groups excluding carboxylic acids is 1. The molecule has 1 aliphatic heterocycles. The number of nitrogens with zero attached hydrogens (tertiary/aromatic N) is 2. The Morgan fingerprint density at radius 2 is 2.25 bits per heavy atom. The summed E-state index contributed by atoms with van der Waals surface area (Å²) < 4.78 is 12.3. The number of hydrogen-bond acceptors (Lipinski definition) is 4. The smallest absolute Gasteiger partial charge is 0.272 e. The number of hydrogen-bond donors (Lipinski definition) is 0. The van der Waals surface area contributed by atoms with Gasteiger partial charge in [0.1, 0.15) is 0 Å². The first-order valence-electron chi connectivity index (χ1n) is 5.99. The zero-order chi connectivity index (χ0) is 13.9. The van der Waals surface area contributed by atoms with Gasteiger partial charge in [0.2, 0.25) is 6.79 Å². The van der Waals surface area contributed by atoms with Crippen LogP contribution in [-0.2, 0) is 11.8 Å². The summed E-state index contributed by atoms with van der Waals surface area (Å²) in [4.78, 5) is 16.4. The molecule has 2 aromatic rings. The molecule has 102 valence electrons. The molecule has 1 aromatic carbocycles. The van der Waals surface area contributed by atoms with E-state index in [2.05, 4.69) is 4.99 Å². The minimum atomic E-state index is -0.291. The van der Waals surface area contributed by atoms with E-state index in [0.717, 1.165) is 11.3 Å². The molecule has 1 aromatic heterocycles. The average molecular weight is 288 g/mol. The van der Waals surface area contributed by atoms with E-state index in [1.54, 1.807) is 10.6 Å². The van der Waals surface area contributed by atoms with Crippen molar-refractivity contribution < 1.29 is 14.3 Å². The normalized spacial score (nSPS) is 14.2. The molecule has 0 saturated carbocycles. The molecule has 0 bridgehead atoms. The molecule has 0 aliphatic carbocycles. The molecule has 6 heteroatoms. The lowest BCUT2D eigenvalue weighted by Crippen LogP contribution is -2.11. The first-order chi connectivity index (χ1) is 9.72. The first kappa shape index (κ1) is 12.7. The molecule has 0 fully saturated rings. The number of benzene rings is 1. The van der Waals surface area contributed by atoms with Gasteiger partial charge in [0.05, 0.1) is 0 Å². The van der Waals surface area contributed by atoms with Crippen LogP contribution >= 0.6 is 11.3 Å². The van der Waals surface area contributed by atoms with Gasteiger partial charge in [0.15, 0.2) is 16.3 Å². The fourth-order valence-corrected chi connectivity index (χ4v) is 2.49. The summed E-state index contributed by atoms with van der Waals surface area (Å²) in [5.74, 6) is 1.13. The van der Waals surface area contributed by atoms with Crippen LogP contribution < -0.4 is 14.3 Å². The molecule has 0 radical (unpaired) electrons. The SMILES string of the molecule is Cn1ccsc1=NC(=O)/C=C/c1ccc2c(c1)OCO2. The number of ether oxygens (including phenoxy) is 2. The number of thiazole rings is 1. The summed E-state index contributed by atoms with van der Waals surface area (Å²) in [5, 5.41) is 1.88. The average Bonchev–Trinajstić information content (AvgIpc) is 3.05. The second-order valence-corrected chi connectivity index (χ2v) is 5.07. The third-order valence-corrected chi connectivity index (χ3v) is 3.63. The monoisotopic (exact) mass is 288 g/mol. The largest absolute Gasteiger partial charge is 0.454 e. The Bertz CT molecular complexity index is 743. The van der Waals surface area contributed by atoms with Crippen LogP contribution in [0.4, 0.5) is 0 Å². The van der Waals surface area contributed by atoms with Crippen LogP contribution in [0.15, 0.2) is 40.8 Å². The van der Waals surface area contributed by atoms with E-state index < -0.39 is 0 Å². The van der Waals surface area contributed by atoms with E-state index in [0.29, 0.717) is 10.6 Å². The summed E-state index contributed by atoms with van der Waals surface area (Å²) in [6.07, 6.45) is 5.01. The highest BCUT2D eigenvalue weighted by Crippen LogP contribution is 2.32. The number of rotatable bonds is 2. The molecular formula is C14H12N2O3S. The third kappa shape index (κ3) is 2.65. The van der Waals surface area contributed by atoms with Crippen LogP contribution in [0.5, 0.6) is 11.5 Å². The maximum atomic E-state index is 11.8. The Morgan fingerprint density at radius 3 is 3.05 bits per heavy atom. The van der Waals surface area contributed by atoms with E-state index in [4.69, 9.17) is 9.47 Å². The van der Waals surface area contributed by atoms with Crippen LogP contribution in [0.2, 0.25) is 0 Å². The number of aryl methyl sites for hydroxylation is 1. The predicted molar refractivity (Wildman–Crippen MR) is 75.5 cm³/mol. The summed E-state index contributed by atoms with van der Waals surface area (Å²) in [6.45, 7) is 0.242. The molecule has 2 heterocycles. The van der Waals surface area contributed by atoms with Gasteiger partial charge in [0, 0.05) is 24.7 Å². The van der Waals surface area contributed by atoms with Gasteiger partial charge in [-0.05, 0) is 23.8 Å². The molecule has 1 aliphatic rings. The summed E-state index contributed by atoms with van der Waals surface area (Å²) in [5.41, 5.74) is 0.869. The standard InChI is InChI=1S/C14H12N2O3S/c1-16-6-7-20-14(16)15-13(17)5-3-10-2-4-11-12(8-10)19-9-18-11/h2-8H,9H2,1H3/b5-3+,15-14?. The van der Waals surface area contributed by atoms with Crippen LogP contribution in [0.25, 0.3) is 6.08 Å². The highest BCUT2D eigenvalue weighted by Gasteiger charge is 2.12. The lowest BCUT2D eigenvalue weighted by Gasteiger charge is -1.96. The summed E-state index contributed by atoms with van der Waals surface area (Å²) >= 11 is 1.42. The van der Waals surface area contributed by atoms with Gasteiger partial charge in [-0.25, -0.2) is 0 Å². The van der Waals surface area contributed by atoms with Crippen molar-refractivity contribution in [3.05, 3.63) is 46.2 Å². The van der Waals surface area contributed by atoms with Crippen molar-refractivity contribution in [1.82, 2.24) is 4.57 Å². The van der Waals surface area contributed by atoms with E-state index in [-0.39, 0.29) is 12.7 Å². The van der Waals surface area contributed by atoms with E-state index in [9.17, 15) is 4.79 Å². The molecule has 0 atom stereocenters. The van der Waals surface area contributed by atoms with Gasteiger partial charge in [0.25, 0.3) is 5.91 Å². The van der Waals surface area contributed by atoms with Crippen LogP contribution in [0, 0.1) is 0 Å². The Morgan fingerprint density at radius 1 is 1.40 bits per heavy atom. The molecule has 0 N–H and O–H groups in total. The lowest BCUT2D eigenvalue weighted by atomic mass is 10.2. The molecule has 0 spiro atoms. The van der Waals surface area contributed by atoms with E-state index in [1.807, 2.05) is 36.8 Å². The highest BCUT2D eigenvalue weighted by molar-refractivity contribution is 7.07. The van der Waals surface area contributed by atoms with E-state index in [1.165, 1.54) is 17.4 Å². The minimum Gasteiger partial charge on any atom is -0.454 e. The van der Waals surface area contributed by atoms with Crippen LogP contribution in [-0.4, -0.2) is 17.3 Å². The molecule has 1 amide bonds. The molecule has 5 nitrogen and oxygen atoms in total. The summed E-state index contributed by atoms with van der Waals surface area (Å²) in [7, 11) is 1.85. The maximum absolute atomic E-state index is 11.8. The Balaban J connectivity index is 1.78. The second kappa shape index (κ2) is 5.34. The molecule has 0 unspecified atom stereocenters. The van der Waals surface area contributed by atoms with Gasteiger partial charge < -0.3 is 14.0 Å². The minimum absolute atomic E-state index is 0.242. The maximum Gasteiger partial charge on any atom is 0.272 e. The Hall–Kier alpha value is -2.34. The van der Waals surface area contributed by atoms with Crippen molar-refractivity contribution in [1.29, 1.82) is 0 Å². The molecule has 3 rings (SSSR count). The zero-order valence-electron chi connectivity index (χ0n) is 10.8. The van der Waals surface area contributed by atoms with Crippen molar-refractivity contribution in [3.63, 3.8) is 0 Å². The quantitative estimate of drug-likeness (QED) is 0.794. The lowest BCUT2D eigenvalue weighted by molar-refractivity contribution is -0.113. The zero-order valence-corrected chi connectivity index (χ0v) is 11.6. The van der Waals surface area contributed by atoms with Gasteiger partial charge in [-0.3, -0.25) is 4.79 Å². The van der Waals surface area contributed by atoms with Crippen LogP contribution in [0.3, 0.4) is 0 Å². The summed E-state index contributed by atoms with van der Waals surface area (Å²) in [6, 6.07) is 5.52. The number of fused-ring (bicyclic) bond motifs is 1. The van der Waals surface area contributed by atoms with Crippen molar-refractivity contribution in [2.24, 2.45) is 12.0 Å². The first-order valence-corrected chi connectivity index (χ1v) is 6.87. The second-order valence-electron chi connectivity index (χ2n) is 4.19. The van der Waals surface area contributed by atoms with Gasteiger partial charge in [-0.15, -0.1) is 11.3 Å². The number of carbonyl (C=O) groups is 1. The third-order valence-electron chi connectivity index (χ3n) is 2.78. The van der Waals surface area contributed by atoms with Crippen molar-refractivity contribution in [3.8, 4) is 11.5 Å². The number of aromatic nitrogens is 1. The predicted octanol–water partition coefficient (Wildman–Crippen LogP) is 1.96. The fraction of sp³-hybridized carbons (Fsp3) is 0.143. The van der Waals surface area contributed by atoms with Crippen molar-refractivity contribution in [2.75, 3.05) is 6.79 Å². The highest BCUT2D eigenvalue weighted by atomic mass is 32.1. The Labute approximate surface area is 119 Å². The molecule has 0 saturated heterocycles. The van der Waals surface area contributed by atoms with Gasteiger partial charge >= 0.3 is 0 Å². The van der Waals surface area contributed by atoms with Crippen LogP contribution in [0.1, 0.15) is 5.56 Å². The number of amides is 1. The topological polar surface area (TPSA) is 52.8 Å². The Kier molecular flexibility index (Phi) is 3.39. The van der Waals surface area contributed by atoms with Gasteiger partial charge in [-0.1, -0.05) is 6.07 Å².